The van der Waals surface area contributed by atoms with E-state index < -0.39 is 5.92 Å². The molecule has 28 heavy (non-hydrogen) atoms. The van der Waals surface area contributed by atoms with Crippen molar-refractivity contribution in [3.05, 3.63) is 53.8 Å². The van der Waals surface area contributed by atoms with Gasteiger partial charge in [0.1, 0.15) is 5.82 Å². The molecule has 1 fully saturated rings. The van der Waals surface area contributed by atoms with E-state index in [0.29, 0.717) is 12.2 Å². The van der Waals surface area contributed by atoms with E-state index in [0.717, 1.165) is 30.0 Å². The third kappa shape index (κ3) is 4.16. The van der Waals surface area contributed by atoms with Crippen LogP contribution in [0.2, 0.25) is 0 Å². The lowest BCUT2D eigenvalue weighted by Gasteiger charge is -2.22. The molecule has 2 aromatic rings. The van der Waals surface area contributed by atoms with Gasteiger partial charge >= 0.3 is 0 Å². The fourth-order valence-electron chi connectivity index (χ4n) is 3.56. The molecule has 2 aromatic carbocycles. The lowest BCUT2D eigenvalue weighted by molar-refractivity contribution is -0.122. The van der Waals surface area contributed by atoms with E-state index >= 15 is 0 Å². The number of aryl methyl sites for hydroxylation is 1. The van der Waals surface area contributed by atoms with Crippen LogP contribution in [0.25, 0.3) is 0 Å². The van der Waals surface area contributed by atoms with Crippen LogP contribution in [0.5, 0.6) is 0 Å². The molecule has 0 aliphatic carbocycles. The summed E-state index contributed by atoms with van der Waals surface area (Å²) >= 11 is 0. The van der Waals surface area contributed by atoms with E-state index in [-0.39, 0.29) is 24.1 Å². The van der Waals surface area contributed by atoms with Gasteiger partial charge in [-0.25, -0.2) is 4.39 Å². The molecule has 1 aliphatic heterocycles. The van der Waals surface area contributed by atoms with Gasteiger partial charge < -0.3 is 15.1 Å². The average Bonchev–Trinajstić information content (AvgIpc) is 3.07. The second-order valence-corrected chi connectivity index (χ2v) is 7.04. The first-order valence-electron chi connectivity index (χ1n) is 9.65. The summed E-state index contributed by atoms with van der Waals surface area (Å²) in [7, 11) is 0. The molecule has 2 amide bonds. The highest BCUT2D eigenvalue weighted by molar-refractivity contribution is 6.03. The fraction of sp³-hybridized carbons (Fsp3) is 0.364. The van der Waals surface area contributed by atoms with E-state index in [2.05, 4.69) is 30.1 Å². The Kier molecular flexibility index (Phi) is 5.97. The van der Waals surface area contributed by atoms with Gasteiger partial charge in [-0.2, -0.15) is 0 Å². The highest BCUT2D eigenvalue weighted by Gasteiger charge is 2.35. The Morgan fingerprint density at radius 3 is 2.46 bits per heavy atom. The summed E-state index contributed by atoms with van der Waals surface area (Å²) < 4.78 is 13.1. The number of benzene rings is 2. The second-order valence-electron chi connectivity index (χ2n) is 7.04. The summed E-state index contributed by atoms with van der Waals surface area (Å²) in [5, 5.41) is 2.96. The first-order chi connectivity index (χ1) is 13.4. The molecular weight excluding hydrogens is 357 g/mol. The zero-order valence-electron chi connectivity index (χ0n) is 16.5. The predicted molar refractivity (Wildman–Crippen MR) is 110 cm³/mol. The van der Waals surface area contributed by atoms with Gasteiger partial charge in [0.2, 0.25) is 11.8 Å². The first kappa shape index (κ1) is 19.9. The second kappa shape index (κ2) is 8.42. The molecule has 1 atom stereocenters. The van der Waals surface area contributed by atoms with Gasteiger partial charge in [0, 0.05) is 43.1 Å². The summed E-state index contributed by atoms with van der Waals surface area (Å²) in [5.41, 5.74) is 3.48. The van der Waals surface area contributed by atoms with Gasteiger partial charge in [-0.1, -0.05) is 0 Å². The Hall–Kier alpha value is -2.89. The molecule has 1 aliphatic rings. The number of carbonyl (C=O) groups excluding carboxylic acids is 2. The number of hydrogen-bond acceptors (Lipinski definition) is 3. The quantitative estimate of drug-likeness (QED) is 0.821. The van der Waals surface area contributed by atoms with Crippen LogP contribution in [-0.4, -0.2) is 31.4 Å². The van der Waals surface area contributed by atoms with Crippen molar-refractivity contribution in [1.29, 1.82) is 0 Å². The van der Waals surface area contributed by atoms with Gasteiger partial charge in [0.05, 0.1) is 5.92 Å². The number of rotatable bonds is 6. The van der Waals surface area contributed by atoms with Crippen molar-refractivity contribution in [3.63, 3.8) is 0 Å². The number of carbonyl (C=O) groups is 2. The maximum Gasteiger partial charge on any atom is 0.229 e. The van der Waals surface area contributed by atoms with Crippen molar-refractivity contribution in [3.8, 4) is 0 Å². The van der Waals surface area contributed by atoms with Gasteiger partial charge in [0.15, 0.2) is 0 Å². The van der Waals surface area contributed by atoms with E-state index in [1.807, 2.05) is 19.1 Å². The van der Waals surface area contributed by atoms with Crippen LogP contribution in [0.3, 0.4) is 0 Å². The zero-order chi connectivity index (χ0) is 20.3. The molecule has 1 saturated heterocycles. The summed E-state index contributed by atoms with van der Waals surface area (Å²) in [6.45, 7) is 8.33. The van der Waals surface area contributed by atoms with Crippen molar-refractivity contribution in [2.45, 2.75) is 27.2 Å². The highest BCUT2D eigenvalue weighted by Crippen LogP contribution is 2.28. The predicted octanol–water partition coefficient (Wildman–Crippen LogP) is 3.97. The standard InChI is InChI=1S/C22H26FN3O2/c1-4-25(5-2)19-10-11-20(15(3)12-19)24-22(28)16-13-21(27)26(14-16)18-8-6-17(23)7-9-18/h6-12,16H,4-5,13-14H2,1-3H3,(H,24,28). The maximum atomic E-state index is 13.1. The van der Waals surface area contributed by atoms with Crippen LogP contribution in [-0.2, 0) is 9.59 Å². The number of hydrogen-bond donors (Lipinski definition) is 1. The molecule has 0 radical (unpaired) electrons. The molecule has 1 N–H and O–H groups in total. The number of amides is 2. The minimum absolute atomic E-state index is 0.125. The average molecular weight is 383 g/mol. The van der Waals surface area contributed by atoms with Crippen molar-refractivity contribution < 1.29 is 14.0 Å². The number of halogens is 1. The summed E-state index contributed by atoms with van der Waals surface area (Å²) in [6.07, 6.45) is 0.153. The normalized spacial score (nSPS) is 16.4. The SMILES string of the molecule is CCN(CC)c1ccc(NC(=O)C2CC(=O)N(c3ccc(F)cc3)C2)c(C)c1. The highest BCUT2D eigenvalue weighted by atomic mass is 19.1. The van der Waals surface area contributed by atoms with Gasteiger partial charge in [-0.3, -0.25) is 9.59 Å². The Labute approximate surface area is 165 Å². The smallest absolute Gasteiger partial charge is 0.229 e. The van der Waals surface area contributed by atoms with Crippen LogP contribution < -0.4 is 15.1 Å². The third-order valence-electron chi connectivity index (χ3n) is 5.23. The number of nitrogens with zero attached hydrogens (tertiary/aromatic N) is 2. The molecule has 0 aromatic heterocycles. The number of anilines is 3. The first-order valence-corrected chi connectivity index (χ1v) is 9.65. The van der Waals surface area contributed by atoms with E-state index in [1.54, 1.807) is 17.0 Å². The van der Waals surface area contributed by atoms with E-state index in [4.69, 9.17) is 0 Å². The lowest BCUT2D eigenvalue weighted by Crippen LogP contribution is -2.28. The Morgan fingerprint density at radius 1 is 1.18 bits per heavy atom. The van der Waals surface area contributed by atoms with Crippen molar-refractivity contribution >= 4 is 28.9 Å². The van der Waals surface area contributed by atoms with Gasteiger partial charge in [-0.05, 0) is 68.8 Å². The molecule has 0 spiro atoms. The lowest BCUT2D eigenvalue weighted by atomic mass is 10.1. The molecule has 1 unspecified atom stereocenters. The van der Waals surface area contributed by atoms with Crippen LogP contribution in [0.1, 0.15) is 25.8 Å². The van der Waals surface area contributed by atoms with Gasteiger partial charge in [-0.15, -0.1) is 0 Å². The van der Waals surface area contributed by atoms with Crippen LogP contribution in [0.4, 0.5) is 21.5 Å². The van der Waals surface area contributed by atoms with Crippen LogP contribution >= 0.6 is 0 Å². The molecule has 0 saturated carbocycles. The minimum atomic E-state index is -0.431. The molecule has 3 rings (SSSR count). The van der Waals surface area contributed by atoms with Crippen molar-refractivity contribution in [2.75, 3.05) is 34.8 Å². The molecule has 0 bridgehead atoms. The largest absolute Gasteiger partial charge is 0.372 e. The Balaban J connectivity index is 1.68. The van der Waals surface area contributed by atoms with E-state index in [9.17, 15) is 14.0 Å². The zero-order valence-corrected chi connectivity index (χ0v) is 16.5. The van der Waals surface area contributed by atoms with Crippen LogP contribution in [0.15, 0.2) is 42.5 Å². The summed E-state index contributed by atoms with van der Waals surface area (Å²) in [5.74, 6) is -1.08. The summed E-state index contributed by atoms with van der Waals surface area (Å²) in [6, 6.07) is 11.7. The molecule has 5 nitrogen and oxygen atoms in total. The Bertz CT molecular complexity index is 863. The minimum Gasteiger partial charge on any atom is -0.372 e. The third-order valence-corrected chi connectivity index (χ3v) is 5.23. The molecular formula is C22H26FN3O2. The topological polar surface area (TPSA) is 52.7 Å². The summed E-state index contributed by atoms with van der Waals surface area (Å²) in [4.78, 5) is 28.8. The van der Waals surface area contributed by atoms with Crippen LogP contribution in [0, 0.1) is 18.7 Å². The molecule has 6 heteroatoms. The monoisotopic (exact) mass is 383 g/mol. The fourth-order valence-corrected chi connectivity index (χ4v) is 3.56. The number of nitrogens with one attached hydrogen (secondary N) is 1. The molecule has 1 heterocycles. The van der Waals surface area contributed by atoms with E-state index in [1.165, 1.54) is 12.1 Å². The molecule has 148 valence electrons. The van der Waals surface area contributed by atoms with Crippen molar-refractivity contribution in [2.24, 2.45) is 5.92 Å². The van der Waals surface area contributed by atoms with Gasteiger partial charge in [0.25, 0.3) is 0 Å². The maximum absolute atomic E-state index is 13.1. The Morgan fingerprint density at radius 2 is 1.86 bits per heavy atom. The van der Waals surface area contributed by atoms with Crippen molar-refractivity contribution in [1.82, 2.24) is 0 Å².